The first-order valence-electron chi connectivity index (χ1n) is 4.08. The van der Waals surface area contributed by atoms with Crippen molar-refractivity contribution in [1.82, 2.24) is 0 Å². The van der Waals surface area contributed by atoms with Gasteiger partial charge in [-0.2, -0.15) is 0 Å². The van der Waals surface area contributed by atoms with Gasteiger partial charge in [0.1, 0.15) is 6.29 Å². The van der Waals surface area contributed by atoms with Gasteiger partial charge in [-0.3, -0.25) is 4.79 Å². The summed E-state index contributed by atoms with van der Waals surface area (Å²) >= 11 is 0. The van der Waals surface area contributed by atoms with Crippen molar-refractivity contribution in [2.24, 2.45) is 0 Å². The molecule has 0 aromatic heterocycles. The molecule has 0 amide bonds. The maximum atomic E-state index is 10.1. The van der Waals surface area contributed by atoms with E-state index < -0.39 is 5.97 Å². The summed E-state index contributed by atoms with van der Waals surface area (Å²) in [5, 5.41) is 8.28. The Kier molecular flexibility index (Phi) is 7.24. The third-order valence-corrected chi connectivity index (χ3v) is 1.38. The summed E-state index contributed by atoms with van der Waals surface area (Å²) in [7, 11) is 0. The number of hydrogen-bond donors (Lipinski definition) is 1. The minimum Gasteiger partial charge on any atom is -0.481 e. The zero-order valence-electron chi connectivity index (χ0n) is 7.03. The number of carboxylic acid groups (broad SMARTS) is 1. The first-order valence-corrected chi connectivity index (χ1v) is 4.08. The molecule has 0 aliphatic heterocycles. The molecule has 0 aliphatic carbocycles. The molecule has 0 aromatic carbocycles. The van der Waals surface area contributed by atoms with Gasteiger partial charge in [0, 0.05) is 12.8 Å². The number of aldehydes is 1. The van der Waals surface area contributed by atoms with E-state index in [1.165, 1.54) is 0 Å². The van der Waals surface area contributed by atoms with Crippen molar-refractivity contribution in [2.75, 3.05) is 0 Å². The van der Waals surface area contributed by atoms with Gasteiger partial charge in [-0.05, 0) is 19.3 Å². The standard InChI is InChI=1S/C9H14O3/c10-8-6-4-2-1-3-5-7-9(11)12/h1-2,8H,3-7H2,(H,11,12)/b2-1-. The van der Waals surface area contributed by atoms with Gasteiger partial charge in [0.2, 0.25) is 0 Å². The monoisotopic (exact) mass is 170 g/mol. The maximum absolute atomic E-state index is 10.1. The number of carbonyl (C=O) groups excluding carboxylic acids is 1. The van der Waals surface area contributed by atoms with Crippen LogP contribution >= 0.6 is 0 Å². The minimum absolute atomic E-state index is 0.220. The highest BCUT2D eigenvalue weighted by Crippen LogP contribution is 1.97. The minimum atomic E-state index is -0.753. The zero-order valence-corrected chi connectivity index (χ0v) is 7.03. The van der Waals surface area contributed by atoms with E-state index in [1.54, 1.807) is 0 Å². The third kappa shape index (κ3) is 8.88. The van der Waals surface area contributed by atoms with E-state index in [-0.39, 0.29) is 6.42 Å². The van der Waals surface area contributed by atoms with Crippen molar-refractivity contribution in [3.8, 4) is 0 Å². The highest BCUT2D eigenvalue weighted by Gasteiger charge is 1.92. The van der Waals surface area contributed by atoms with Crippen molar-refractivity contribution >= 4 is 12.3 Å². The predicted octanol–water partition coefficient (Wildman–Crippen LogP) is 1.78. The average molecular weight is 170 g/mol. The summed E-state index contributed by atoms with van der Waals surface area (Å²) in [5.74, 6) is -0.753. The van der Waals surface area contributed by atoms with Crippen molar-refractivity contribution < 1.29 is 14.7 Å². The van der Waals surface area contributed by atoms with Crippen LogP contribution in [0.1, 0.15) is 32.1 Å². The van der Waals surface area contributed by atoms with Crippen LogP contribution in [-0.2, 0) is 9.59 Å². The molecule has 0 rings (SSSR count). The summed E-state index contributed by atoms with van der Waals surface area (Å²) in [5.41, 5.74) is 0. The van der Waals surface area contributed by atoms with Gasteiger partial charge in [-0.1, -0.05) is 12.2 Å². The third-order valence-electron chi connectivity index (χ3n) is 1.38. The largest absolute Gasteiger partial charge is 0.481 e. The van der Waals surface area contributed by atoms with Crippen LogP contribution in [0.25, 0.3) is 0 Å². The fraction of sp³-hybridized carbons (Fsp3) is 0.556. The van der Waals surface area contributed by atoms with Crippen LogP contribution < -0.4 is 0 Å². The van der Waals surface area contributed by atoms with Crippen LogP contribution in [-0.4, -0.2) is 17.4 Å². The lowest BCUT2D eigenvalue weighted by atomic mass is 10.2. The SMILES string of the molecule is O=CCC/C=C\CCCC(=O)O. The lowest BCUT2D eigenvalue weighted by Gasteiger charge is -1.89. The van der Waals surface area contributed by atoms with Crippen LogP contribution in [0.2, 0.25) is 0 Å². The Morgan fingerprint density at radius 2 is 1.83 bits per heavy atom. The van der Waals surface area contributed by atoms with Crippen LogP contribution in [0, 0.1) is 0 Å². The molecular weight excluding hydrogens is 156 g/mol. The second-order valence-electron chi connectivity index (χ2n) is 2.50. The Hall–Kier alpha value is -1.12. The van der Waals surface area contributed by atoms with Gasteiger partial charge in [-0.15, -0.1) is 0 Å². The molecule has 0 atom stereocenters. The van der Waals surface area contributed by atoms with E-state index in [1.807, 2.05) is 12.2 Å². The molecule has 0 fully saturated rings. The topological polar surface area (TPSA) is 54.4 Å². The summed E-state index contributed by atoms with van der Waals surface area (Å²) < 4.78 is 0. The van der Waals surface area contributed by atoms with E-state index in [0.29, 0.717) is 12.8 Å². The fourth-order valence-corrected chi connectivity index (χ4v) is 0.771. The van der Waals surface area contributed by atoms with Crippen LogP contribution in [0.3, 0.4) is 0 Å². The molecule has 0 aromatic rings. The lowest BCUT2D eigenvalue weighted by Crippen LogP contribution is -1.92. The Labute approximate surface area is 72.1 Å². The molecule has 1 N–H and O–H groups in total. The quantitative estimate of drug-likeness (QED) is 0.360. The van der Waals surface area contributed by atoms with Gasteiger partial charge < -0.3 is 9.90 Å². The maximum Gasteiger partial charge on any atom is 0.303 e. The first kappa shape index (κ1) is 10.9. The van der Waals surface area contributed by atoms with Gasteiger partial charge in [0.05, 0.1) is 0 Å². The van der Waals surface area contributed by atoms with Crippen molar-refractivity contribution in [3.05, 3.63) is 12.2 Å². The molecule has 68 valence electrons. The molecule has 0 bridgehead atoms. The van der Waals surface area contributed by atoms with Crippen molar-refractivity contribution in [3.63, 3.8) is 0 Å². The fourth-order valence-electron chi connectivity index (χ4n) is 0.771. The Balaban J connectivity index is 3.13. The number of hydrogen-bond acceptors (Lipinski definition) is 2. The van der Waals surface area contributed by atoms with E-state index in [4.69, 9.17) is 5.11 Å². The van der Waals surface area contributed by atoms with Crippen LogP contribution in [0.15, 0.2) is 12.2 Å². The zero-order chi connectivity index (χ0) is 9.23. The summed E-state index contributed by atoms with van der Waals surface area (Å²) in [4.78, 5) is 19.9. The van der Waals surface area contributed by atoms with E-state index in [2.05, 4.69) is 0 Å². The smallest absolute Gasteiger partial charge is 0.303 e. The summed E-state index contributed by atoms with van der Waals surface area (Å²) in [6.07, 6.45) is 7.70. The number of rotatable bonds is 7. The predicted molar refractivity (Wildman–Crippen MR) is 45.9 cm³/mol. The Morgan fingerprint density at radius 3 is 2.42 bits per heavy atom. The van der Waals surface area contributed by atoms with E-state index in [0.717, 1.165) is 19.1 Å². The lowest BCUT2D eigenvalue weighted by molar-refractivity contribution is -0.137. The highest BCUT2D eigenvalue weighted by atomic mass is 16.4. The molecule has 0 heterocycles. The van der Waals surface area contributed by atoms with Gasteiger partial charge in [0.15, 0.2) is 0 Å². The number of allylic oxidation sites excluding steroid dienone is 2. The Bertz CT molecular complexity index is 161. The van der Waals surface area contributed by atoms with Gasteiger partial charge in [0.25, 0.3) is 0 Å². The van der Waals surface area contributed by atoms with Gasteiger partial charge in [-0.25, -0.2) is 0 Å². The molecule has 3 heteroatoms. The normalized spacial score (nSPS) is 10.3. The molecule has 0 unspecified atom stereocenters. The molecule has 0 saturated carbocycles. The Morgan fingerprint density at radius 1 is 1.17 bits per heavy atom. The number of aliphatic carboxylic acids is 1. The molecule has 0 aliphatic rings. The average Bonchev–Trinajstić information content (AvgIpc) is 2.02. The van der Waals surface area contributed by atoms with Crippen LogP contribution in [0.4, 0.5) is 0 Å². The van der Waals surface area contributed by atoms with Crippen LogP contribution in [0.5, 0.6) is 0 Å². The second-order valence-corrected chi connectivity index (χ2v) is 2.50. The summed E-state index contributed by atoms with van der Waals surface area (Å²) in [6.45, 7) is 0. The van der Waals surface area contributed by atoms with Crippen molar-refractivity contribution in [1.29, 1.82) is 0 Å². The van der Waals surface area contributed by atoms with Gasteiger partial charge >= 0.3 is 5.97 Å². The highest BCUT2D eigenvalue weighted by molar-refractivity contribution is 5.66. The first-order chi connectivity index (χ1) is 5.77. The molecule has 0 radical (unpaired) electrons. The number of carbonyl (C=O) groups is 2. The second kappa shape index (κ2) is 7.98. The molecule has 0 saturated heterocycles. The molecule has 0 spiro atoms. The molecule has 12 heavy (non-hydrogen) atoms. The number of carboxylic acids is 1. The molecule has 3 nitrogen and oxygen atoms in total. The molecular formula is C9H14O3. The van der Waals surface area contributed by atoms with E-state index in [9.17, 15) is 9.59 Å². The van der Waals surface area contributed by atoms with E-state index >= 15 is 0 Å². The summed E-state index contributed by atoms with van der Waals surface area (Å²) in [6, 6.07) is 0. The number of unbranched alkanes of at least 4 members (excludes halogenated alkanes) is 2. The van der Waals surface area contributed by atoms with Crippen molar-refractivity contribution in [2.45, 2.75) is 32.1 Å².